The van der Waals surface area contributed by atoms with Crippen molar-refractivity contribution in [1.82, 2.24) is 30.8 Å². The molecule has 2 aliphatic rings. The number of aromatic nitrogens is 4. The summed E-state index contributed by atoms with van der Waals surface area (Å²) in [7, 11) is 0. The van der Waals surface area contributed by atoms with Crippen molar-refractivity contribution >= 4 is 5.91 Å². The molecule has 1 aliphatic carbocycles. The molecule has 7 heteroatoms. The second-order valence-corrected chi connectivity index (χ2v) is 6.96. The number of aromatic amines is 1. The van der Waals surface area contributed by atoms with Crippen LogP contribution >= 0.6 is 0 Å². The first-order valence-corrected chi connectivity index (χ1v) is 9.04. The molecule has 1 saturated carbocycles. The number of hydrogen-bond donors (Lipinski definition) is 2. The Bertz CT molecular complexity index is 469. The van der Waals surface area contributed by atoms with Crippen LogP contribution in [0, 0.1) is 5.92 Å². The molecule has 2 fully saturated rings. The molecule has 2 heterocycles. The summed E-state index contributed by atoms with van der Waals surface area (Å²) in [6.07, 6.45) is 11.1. The molecule has 1 unspecified atom stereocenters. The number of likely N-dealkylation sites (tertiary alicyclic amines) is 1. The van der Waals surface area contributed by atoms with Crippen LogP contribution < -0.4 is 5.32 Å². The van der Waals surface area contributed by atoms with E-state index in [1.807, 2.05) is 0 Å². The Hall–Kier alpha value is -1.50. The first-order valence-electron chi connectivity index (χ1n) is 9.04. The highest BCUT2D eigenvalue weighted by Gasteiger charge is 2.28. The minimum absolute atomic E-state index is 0.0178. The molecule has 23 heavy (non-hydrogen) atoms. The number of carbonyl (C=O) groups is 1. The Labute approximate surface area is 137 Å². The van der Waals surface area contributed by atoms with Crippen LogP contribution in [0.4, 0.5) is 0 Å². The van der Waals surface area contributed by atoms with Crippen LogP contribution in [-0.2, 0) is 11.2 Å². The Balaban J connectivity index is 1.38. The quantitative estimate of drug-likeness (QED) is 0.854. The van der Waals surface area contributed by atoms with E-state index in [1.165, 1.54) is 57.9 Å². The molecule has 7 nitrogen and oxygen atoms in total. The lowest BCUT2D eigenvalue weighted by Crippen LogP contribution is -2.36. The van der Waals surface area contributed by atoms with Crippen molar-refractivity contribution in [3.63, 3.8) is 0 Å². The summed E-state index contributed by atoms with van der Waals surface area (Å²) in [5.41, 5.74) is 0. The number of nitrogens with zero attached hydrogens (tertiary/aromatic N) is 4. The molecule has 3 rings (SSSR count). The Kier molecular flexibility index (Phi) is 5.96. The van der Waals surface area contributed by atoms with Gasteiger partial charge in [0.15, 0.2) is 5.82 Å². The molecule has 1 aliphatic heterocycles. The van der Waals surface area contributed by atoms with Crippen LogP contribution in [0.5, 0.6) is 0 Å². The molecular weight excluding hydrogens is 292 g/mol. The van der Waals surface area contributed by atoms with Crippen LogP contribution in [0.25, 0.3) is 0 Å². The summed E-state index contributed by atoms with van der Waals surface area (Å²) in [6, 6.07) is 0.773. The Morgan fingerprint density at radius 2 is 1.96 bits per heavy atom. The molecule has 0 radical (unpaired) electrons. The standard InChI is InChI=1S/C16H28N6O/c23-16(10-15-18-20-21-19-15)17-11-13-8-9-22(12-13)14-6-4-2-1-3-5-7-14/h13-14H,1-12H2,(H,17,23)(H,18,19,20,21). The maximum atomic E-state index is 11.9. The van der Waals surface area contributed by atoms with Gasteiger partial charge in [0.2, 0.25) is 5.91 Å². The molecule has 128 valence electrons. The summed E-state index contributed by atoms with van der Waals surface area (Å²) in [4.78, 5) is 14.6. The first kappa shape index (κ1) is 16.4. The third kappa shape index (κ3) is 4.99. The van der Waals surface area contributed by atoms with Crippen molar-refractivity contribution in [3.05, 3.63) is 5.82 Å². The number of H-pyrrole nitrogens is 1. The molecule has 1 atom stereocenters. The highest BCUT2D eigenvalue weighted by atomic mass is 16.1. The highest BCUT2D eigenvalue weighted by Crippen LogP contribution is 2.26. The van der Waals surface area contributed by atoms with Gasteiger partial charge in [-0.2, -0.15) is 5.21 Å². The van der Waals surface area contributed by atoms with Gasteiger partial charge in [-0.25, -0.2) is 0 Å². The van der Waals surface area contributed by atoms with Crippen molar-refractivity contribution in [2.24, 2.45) is 5.92 Å². The van der Waals surface area contributed by atoms with Crippen molar-refractivity contribution < 1.29 is 4.79 Å². The minimum atomic E-state index is -0.0178. The largest absolute Gasteiger partial charge is 0.355 e. The molecular formula is C16H28N6O. The average Bonchev–Trinajstić information content (AvgIpc) is 3.16. The molecule has 0 spiro atoms. The van der Waals surface area contributed by atoms with E-state index in [4.69, 9.17) is 0 Å². The van der Waals surface area contributed by atoms with Gasteiger partial charge in [-0.3, -0.25) is 4.79 Å². The number of tetrazole rings is 1. The number of hydrogen-bond acceptors (Lipinski definition) is 5. The fraction of sp³-hybridized carbons (Fsp3) is 0.875. The van der Waals surface area contributed by atoms with E-state index >= 15 is 0 Å². The number of amides is 1. The fourth-order valence-electron chi connectivity index (χ4n) is 3.88. The molecule has 1 saturated heterocycles. The number of rotatable bonds is 5. The van der Waals surface area contributed by atoms with E-state index in [2.05, 4.69) is 30.8 Å². The van der Waals surface area contributed by atoms with Gasteiger partial charge >= 0.3 is 0 Å². The lowest BCUT2D eigenvalue weighted by atomic mass is 9.96. The second-order valence-electron chi connectivity index (χ2n) is 6.96. The van der Waals surface area contributed by atoms with Crippen molar-refractivity contribution in [1.29, 1.82) is 0 Å². The van der Waals surface area contributed by atoms with Crippen molar-refractivity contribution in [2.75, 3.05) is 19.6 Å². The minimum Gasteiger partial charge on any atom is -0.355 e. The van der Waals surface area contributed by atoms with Gasteiger partial charge < -0.3 is 10.2 Å². The molecule has 1 aromatic rings. The van der Waals surface area contributed by atoms with E-state index in [9.17, 15) is 4.79 Å². The van der Waals surface area contributed by atoms with E-state index in [0.717, 1.165) is 19.1 Å². The summed E-state index contributed by atoms with van der Waals surface area (Å²) in [5.74, 6) is 1.01. The second kappa shape index (κ2) is 8.38. The van der Waals surface area contributed by atoms with Gasteiger partial charge in [0, 0.05) is 19.1 Å². The monoisotopic (exact) mass is 320 g/mol. The van der Waals surface area contributed by atoms with Gasteiger partial charge in [-0.1, -0.05) is 37.3 Å². The van der Waals surface area contributed by atoms with Crippen molar-refractivity contribution in [3.8, 4) is 0 Å². The number of carbonyl (C=O) groups excluding carboxylic acids is 1. The molecule has 0 bridgehead atoms. The topological polar surface area (TPSA) is 86.8 Å². The lowest BCUT2D eigenvalue weighted by Gasteiger charge is -2.29. The van der Waals surface area contributed by atoms with Crippen LogP contribution in [-0.4, -0.2) is 57.1 Å². The van der Waals surface area contributed by atoms with E-state index < -0.39 is 0 Å². The third-order valence-electron chi connectivity index (χ3n) is 5.20. The van der Waals surface area contributed by atoms with Crippen LogP contribution in [0.2, 0.25) is 0 Å². The van der Waals surface area contributed by atoms with Crippen LogP contribution in [0.1, 0.15) is 57.2 Å². The first-order chi connectivity index (χ1) is 11.3. The smallest absolute Gasteiger partial charge is 0.227 e. The molecule has 1 amide bonds. The Morgan fingerprint density at radius 3 is 2.70 bits per heavy atom. The van der Waals surface area contributed by atoms with E-state index in [0.29, 0.717) is 11.7 Å². The number of nitrogens with one attached hydrogen (secondary N) is 2. The van der Waals surface area contributed by atoms with Gasteiger partial charge in [-0.05, 0) is 31.7 Å². The van der Waals surface area contributed by atoms with Gasteiger partial charge in [-0.15, -0.1) is 10.2 Å². The lowest BCUT2D eigenvalue weighted by molar-refractivity contribution is -0.120. The summed E-state index contributed by atoms with van der Waals surface area (Å²) < 4.78 is 0. The third-order valence-corrected chi connectivity index (χ3v) is 5.20. The zero-order valence-electron chi connectivity index (χ0n) is 13.8. The summed E-state index contributed by atoms with van der Waals surface area (Å²) in [6.45, 7) is 3.09. The average molecular weight is 320 g/mol. The molecule has 0 aromatic carbocycles. The van der Waals surface area contributed by atoms with E-state index in [1.54, 1.807) is 0 Å². The zero-order valence-corrected chi connectivity index (χ0v) is 13.8. The molecule has 2 N–H and O–H groups in total. The van der Waals surface area contributed by atoms with Crippen molar-refractivity contribution in [2.45, 2.75) is 63.8 Å². The van der Waals surface area contributed by atoms with Gasteiger partial charge in [0.05, 0.1) is 6.42 Å². The Morgan fingerprint density at radius 1 is 1.17 bits per heavy atom. The maximum absolute atomic E-state index is 11.9. The zero-order chi connectivity index (χ0) is 15.9. The summed E-state index contributed by atoms with van der Waals surface area (Å²) >= 11 is 0. The normalized spacial score (nSPS) is 24.3. The SMILES string of the molecule is O=C(Cc1nn[nH]n1)NCC1CCN(C2CCCCCCC2)C1. The molecule has 1 aromatic heterocycles. The maximum Gasteiger partial charge on any atom is 0.227 e. The predicted molar refractivity (Wildman–Crippen MR) is 86.7 cm³/mol. The predicted octanol–water partition coefficient (Wildman–Crippen LogP) is 1.29. The van der Waals surface area contributed by atoms with Gasteiger partial charge in [0.1, 0.15) is 0 Å². The highest BCUT2D eigenvalue weighted by molar-refractivity contribution is 5.77. The van der Waals surface area contributed by atoms with Gasteiger partial charge in [0.25, 0.3) is 0 Å². The van der Waals surface area contributed by atoms with Crippen LogP contribution in [0.3, 0.4) is 0 Å². The van der Waals surface area contributed by atoms with Crippen LogP contribution in [0.15, 0.2) is 0 Å². The summed E-state index contributed by atoms with van der Waals surface area (Å²) in [5, 5.41) is 16.5. The fourth-order valence-corrected chi connectivity index (χ4v) is 3.88. The van der Waals surface area contributed by atoms with E-state index in [-0.39, 0.29) is 12.3 Å².